The minimum Gasteiger partial charge on any atom is -0.480 e. The topological polar surface area (TPSA) is 75.4 Å². The van der Waals surface area contributed by atoms with Gasteiger partial charge in [-0.05, 0) is 50.6 Å². The van der Waals surface area contributed by atoms with Gasteiger partial charge >= 0.3 is 5.97 Å². The van der Waals surface area contributed by atoms with E-state index in [0.29, 0.717) is 5.56 Å². The van der Waals surface area contributed by atoms with Crippen LogP contribution in [-0.4, -0.2) is 44.3 Å². The van der Waals surface area contributed by atoms with Gasteiger partial charge in [-0.25, -0.2) is 9.48 Å². The number of carboxylic acid groups (broad SMARTS) is 1. The maximum atomic E-state index is 12.4. The highest BCUT2D eigenvalue weighted by atomic mass is 16.4. The van der Waals surface area contributed by atoms with Gasteiger partial charge in [-0.2, -0.15) is 5.10 Å². The van der Waals surface area contributed by atoms with Crippen LogP contribution in [0.3, 0.4) is 0 Å². The molecule has 0 bridgehead atoms. The fraction of sp³-hybridized carbons (Fsp3) is 0.312. The van der Waals surface area contributed by atoms with E-state index in [1.54, 1.807) is 35.1 Å². The molecular weight excluding hydrogens is 282 g/mol. The van der Waals surface area contributed by atoms with Crippen molar-refractivity contribution in [1.82, 2.24) is 14.7 Å². The van der Waals surface area contributed by atoms with Crippen LogP contribution in [0.25, 0.3) is 5.69 Å². The minimum atomic E-state index is -1.27. The molecule has 0 saturated heterocycles. The molecule has 1 aromatic heterocycles. The number of rotatable bonds is 4. The molecule has 0 atom stereocenters. The number of carbonyl (C=O) groups is 2. The summed E-state index contributed by atoms with van der Waals surface area (Å²) in [6.45, 7) is 4.94. The number of carbonyl (C=O) groups excluding carboxylic acids is 1. The van der Waals surface area contributed by atoms with Crippen molar-refractivity contribution < 1.29 is 14.7 Å². The summed E-state index contributed by atoms with van der Waals surface area (Å²) in [5.41, 5.74) is 1.05. The maximum absolute atomic E-state index is 12.4. The van der Waals surface area contributed by atoms with Crippen LogP contribution >= 0.6 is 0 Å². The minimum absolute atomic E-state index is 0.337. The van der Waals surface area contributed by atoms with Crippen molar-refractivity contribution in [3.8, 4) is 5.69 Å². The SMILES string of the molecule is Cc1cnn(-c2ccc(C(=O)N(C)C(C)(C)C(=O)O)cc2)c1. The predicted octanol–water partition coefficient (Wildman–Crippen LogP) is 2.12. The number of amides is 1. The van der Waals surface area contributed by atoms with Gasteiger partial charge in [0.05, 0.1) is 11.9 Å². The highest BCUT2D eigenvalue weighted by Crippen LogP contribution is 2.17. The molecule has 1 N–H and O–H groups in total. The Morgan fingerprint density at radius 2 is 1.82 bits per heavy atom. The Morgan fingerprint density at radius 3 is 2.27 bits per heavy atom. The van der Waals surface area contributed by atoms with Crippen molar-refractivity contribution in [2.24, 2.45) is 0 Å². The Morgan fingerprint density at radius 1 is 1.23 bits per heavy atom. The lowest BCUT2D eigenvalue weighted by Crippen LogP contribution is -2.50. The number of carboxylic acids is 1. The van der Waals surface area contributed by atoms with Gasteiger partial charge < -0.3 is 10.0 Å². The molecule has 0 saturated carbocycles. The van der Waals surface area contributed by atoms with Crippen molar-refractivity contribution in [3.63, 3.8) is 0 Å². The average Bonchev–Trinajstić information content (AvgIpc) is 2.92. The largest absolute Gasteiger partial charge is 0.480 e. The zero-order valence-corrected chi connectivity index (χ0v) is 13.1. The maximum Gasteiger partial charge on any atom is 0.329 e. The first-order valence-electron chi connectivity index (χ1n) is 6.87. The van der Waals surface area contributed by atoms with Gasteiger partial charge in [0.2, 0.25) is 0 Å². The van der Waals surface area contributed by atoms with Crippen molar-refractivity contribution in [3.05, 3.63) is 47.8 Å². The van der Waals surface area contributed by atoms with Crippen LogP contribution in [0.15, 0.2) is 36.7 Å². The average molecular weight is 301 g/mol. The molecule has 2 aromatic rings. The quantitative estimate of drug-likeness (QED) is 0.938. The van der Waals surface area contributed by atoms with Gasteiger partial charge in [-0.3, -0.25) is 4.79 Å². The van der Waals surface area contributed by atoms with Gasteiger partial charge in [0.25, 0.3) is 5.91 Å². The van der Waals surface area contributed by atoms with E-state index in [9.17, 15) is 14.7 Å². The van der Waals surface area contributed by atoms with Gasteiger partial charge in [0.15, 0.2) is 0 Å². The van der Waals surface area contributed by atoms with E-state index in [2.05, 4.69) is 5.10 Å². The summed E-state index contributed by atoms with van der Waals surface area (Å²) in [5, 5.41) is 13.4. The first-order chi connectivity index (χ1) is 10.2. The van der Waals surface area contributed by atoms with Crippen molar-refractivity contribution in [1.29, 1.82) is 0 Å². The van der Waals surface area contributed by atoms with Gasteiger partial charge in [-0.1, -0.05) is 0 Å². The zero-order chi connectivity index (χ0) is 16.5. The van der Waals surface area contributed by atoms with Crippen LogP contribution in [-0.2, 0) is 4.79 Å². The summed E-state index contributed by atoms with van der Waals surface area (Å²) in [4.78, 5) is 24.8. The zero-order valence-electron chi connectivity index (χ0n) is 13.1. The van der Waals surface area contributed by atoms with Gasteiger partial charge in [0.1, 0.15) is 5.54 Å². The molecule has 0 spiro atoms. The molecule has 0 aliphatic rings. The monoisotopic (exact) mass is 301 g/mol. The molecule has 0 radical (unpaired) electrons. The first kappa shape index (κ1) is 15.8. The molecule has 6 heteroatoms. The first-order valence-corrected chi connectivity index (χ1v) is 6.87. The summed E-state index contributed by atoms with van der Waals surface area (Å²) in [5.74, 6) is -1.39. The molecule has 1 aromatic carbocycles. The molecule has 0 fully saturated rings. The van der Waals surface area contributed by atoms with E-state index in [-0.39, 0.29) is 5.91 Å². The molecule has 0 aliphatic carbocycles. The third-order valence-corrected chi connectivity index (χ3v) is 3.76. The van der Waals surface area contributed by atoms with E-state index < -0.39 is 11.5 Å². The van der Waals surface area contributed by atoms with Gasteiger partial charge in [-0.15, -0.1) is 0 Å². The molecule has 6 nitrogen and oxygen atoms in total. The standard InChI is InChI=1S/C16H19N3O3/c1-11-9-17-19(10-11)13-7-5-12(6-8-13)14(20)18(4)16(2,3)15(21)22/h5-10H,1-4H3,(H,21,22). The number of aryl methyl sites for hydroxylation is 1. The third-order valence-electron chi connectivity index (χ3n) is 3.76. The molecule has 116 valence electrons. The lowest BCUT2D eigenvalue weighted by atomic mass is 10.0. The van der Waals surface area contributed by atoms with E-state index in [4.69, 9.17) is 0 Å². The fourth-order valence-corrected chi connectivity index (χ4v) is 1.90. The Balaban J connectivity index is 2.23. The summed E-state index contributed by atoms with van der Waals surface area (Å²) in [6, 6.07) is 6.90. The normalized spacial score (nSPS) is 11.3. The second kappa shape index (κ2) is 5.63. The Kier molecular flexibility index (Phi) is 4.03. The van der Waals surface area contributed by atoms with Crippen LogP contribution in [0.2, 0.25) is 0 Å². The number of aliphatic carboxylic acids is 1. The second-order valence-electron chi connectivity index (χ2n) is 5.74. The second-order valence-corrected chi connectivity index (χ2v) is 5.74. The molecule has 22 heavy (non-hydrogen) atoms. The summed E-state index contributed by atoms with van der Waals surface area (Å²) in [7, 11) is 1.49. The predicted molar refractivity (Wildman–Crippen MR) is 82.1 cm³/mol. The third kappa shape index (κ3) is 2.86. The van der Waals surface area contributed by atoms with E-state index in [1.807, 2.05) is 13.1 Å². The summed E-state index contributed by atoms with van der Waals surface area (Å²) < 4.78 is 1.72. The Hall–Kier alpha value is -2.63. The van der Waals surface area contributed by atoms with Crippen LogP contribution in [0, 0.1) is 6.92 Å². The highest BCUT2D eigenvalue weighted by Gasteiger charge is 2.35. The molecule has 1 heterocycles. The number of nitrogens with zero attached hydrogens (tertiary/aromatic N) is 3. The van der Waals surface area contributed by atoms with Crippen LogP contribution in [0.4, 0.5) is 0 Å². The lowest BCUT2D eigenvalue weighted by Gasteiger charge is -2.31. The number of benzene rings is 1. The summed E-state index contributed by atoms with van der Waals surface area (Å²) >= 11 is 0. The molecule has 2 rings (SSSR count). The summed E-state index contributed by atoms with van der Waals surface area (Å²) in [6.07, 6.45) is 3.64. The molecular formula is C16H19N3O3. The Labute approximate surface area is 129 Å². The number of likely N-dealkylation sites (N-methyl/N-ethyl adjacent to an activating group) is 1. The molecule has 0 aliphatic heterocycles. The molecule has 1 amide bonds. The highest BCUT2D eigenvalue weighted by molar-refractivity contribution is 5.97. The number of aromatic nitrogens is 2. The lowest BCUT2D eigenvalue weighted by molar-refractivity contribution is -0.147. The van der Waals surface area contributed by atoms with E-state index in [0.717, 1.165) is 11.3 Å². The van der Waals surface area contributed by atoms with Crippen LogP contribution in [0.5, 0.6) is 0 Å². The number of hydrogen-bond donors (Lipinski definition) is 1. The van der Waals surface area contributed by atoms with E-state index in [1.165, 1.54) is 25.8 Å². The number of hydrogen-bond acceptors (Lipinski definition) is 3. The van der Waals surface area contributed by atoms with Gasteiger partial charge in [0, 0.05) is 18.8 Å². The van der Waals surface area contributed by atoms with E-state index >= 15 is 0 Å². The molecule has 0 unspecified atom stereocenters. The van der Waals surface area contributed by atoms with Crippen molar-refractivity contribution >= 4 is 11.9 Å². The fourth-order valence-electron chi connectivity index (χ4n) is 1.90. The van der Waals surface area contributed by atoms with Crippen LogP contribution in [0.1, 0.15) is 29.8 Å². The van der Waals surface area contributed by atoms with Crippen LogP contribution < -0.4 is 0 Å². The smallest absolute Gasteiger partial charge is 0.329 e. The van der Waals surface area contributed by atoms with Crippen molar-refractivity contribution in [2.75, 3.05) is 7.05 Å². The Bertz CT molecular complexity index is 702. The van der Waals surface area contributed by atoms with Crippen molar-refractivity contribution in [2.45, 2.75) is 26.3 Å².